The molecule has 2 aliphatic rings. The summed E-state index contributed by atoms with van der Waals surface area (Å²) in [5.41, 5.74) is 0. The second-order valence-corrected chi connectivity index (χ2v) is 6.91. The van der Waals surface area contributed by atoms with E-state index in [1.807, 2.05) is 0 Å². The number of benzene rings is 1. The van der Waals surface area contributed by atoms with Gasteiger partial charge in [0.25, 0.3) is 0 Å². The first-order valence-electron chi connectivity index (χ1n) is 7.78. The van der Waals surface area contributed by atoms with E-state index in [1.54, 1.807) is 30.0 Å². The smallest absolute Gasteiger partial charge is 0.191 e. The van der Waals surface area contributed by atoms with Crippen LogP contribution >= 0.6 is 11.8 Å². The van der Waals surface area contributed by atoms with E-state index in [-0.39, 0.29) is 5.82 Å². The lowest BCUT2D eigenvalue weighted by atomic mass is 10.3. The van der Waals surface area contributed by atoms with E-state index < -0.39 is 0 Å². The zero-order valence-electron chi connectivity index (χ0n) is 12.2. The zero-order valence-corrected chi connectivity index (χ0v) is 13.1. The molecule has 2 aromatic rings. The summed E-state index contributed by atoms with van der Waals surface area (Å²) in [6, 6.07) is 7.10. The van der Waals surface area contributed by atoms with Crippen molar-refractivity contribution in [2.24, 2.45) is 0 Å². The third kappa shape index (κ3) is 2.97. The van der Waals surface area contributed by atoms with Gasteiger partial charge in [-0.15, -0.1) is 10.2 Å². The molecule has 0 bridgehead atoms. The summed E-state index contributed by atoms with van der Waals surface area (Å²) >= 11 is 1.65. The summed E-state index contributed by atoms with van der Waals surface area (Å²) < 4.78 is 21.3. The van der Waals surface area contributed by atoms with Crippen LogP contribution in [0.3, 0.4) is 0 Å². The Morgan fingerprint density at radius 1 is 1.18 bits per heavy atom. The van der Waals surface area contributed by atoms with Gasteiger partial charge in [-0.25, -0.2) is 4.39 Å². The summed E-state index contributed by atoms with van der Waals surface area (Å²) in [6.07, 6.45) is 4.95. The molecule has 0 amide bonds. The van der Waals surface area contributed by atoms with E-state index in [9.17, 15) is 4.39 Å². The highest BCUT2D eigenvalue weighted by molar-refractivity contribution is 7.99. The lowest BCUT2D eigenvalue weighted by Crippen LogP contribution is -2.05. The van der Waals surface area contributed by atoms with Gasteiger partial charge in [0.15, 0.2) is 16.7 Å². The monoisotopic (exact) mass is 319 g/mol. The summed E-state index contributed by atoms with van der Waals surface area (Å²) in [6.45, 7) is 0.460. The first-order chi connectivity index (χ1) is 10.8. The topological polar surface area (TPSA) is 39.9 Å². The summed E-state index contributed by atoms with van der Waals surface area (Å²) in [5.74, 6) is 2.52. The second-order valence-electron chi connectivity index (χ2n) is 5.84. The first kappa shape index (κ1) is 14.1. The third-order valence-electron chi connectivity index (χ3n) is 3.95. The number of aromatic nitrogens is 3. The molecule has 2 aliphatic carbocycles. The number of thioether (sulfide) groups is 1. The van der Waals surface area contributed by atoms with Crippen molar-refractivity contribution in [1.82, 2.24) is 14.8 Å². The minimum absolute atomic E-state index is 0.311. The Bertz CT molecular complexity index is 667. The van der Waals surface area contributed by atoms with Crippen LogP contribution in [0.2, 0.25) is 0 Å². The molecule has 1 aromatic carbocycles. The molecule has 0 N–H and O–H groups in total. The molecular weight excluding hydrogens is 301 g/mol. The number of hydrogen-bond donors (Lipinski definition) is 0. The van der Waals surface area contributed by atoms with Crippen molar-refractivity contribution in [1.29, 1.82) is 0 Å². The molecule has 4 rings (SSSR count). The van der Waals surface area contributed by atoms with Gasteiger partial charge in [0.1, 0.15) is 5.82 Å². The number of halogens is 1. The lowest BCUT2D eigenvalue weighted by Gasteiger charge is -2.09. The fourth-order valence-corrected chi connectivity index (χ4v) is 3.36. The van der Waals surface area contributed by atoms with Crippen LogP contribution in [0.5, 0.6) is 5.75 Å². The van der Waals surface area contributed by atoms with Gasteiger partial charge in [0.2, 0.25) is 0 Å². The third-order valence-corrected chi connectivity index (χ3v) is 4.86. The van der Waals surface area contributed by atoms with Gasteiger partial charge in [-0.1, -0.05) is 23.9 Å². The van der Waals surface area contributed by atoms with Crippen LogP contribution in [0.15, 0.2) is 29.4 Å². The van der Waals surface area contributed by atoms with Crippen molar-refractivity contribution >= 4 is 11.8 Å². The maximum Gasteiger partial charge on any atom is 0.191 e. The molecule has 6 heteroatoms. The average molecular weight is 319 g/mol. The maximum absolute atomic E-state index is 13.5. The number of para-hydroxylation sites is 1. The van der Waals surface area contributed by atoms with Crippen LogP contribution < -0.4 is 4.74 Å². The van der Waals surface area contributed by atoms with Crippen molar-refractivity contribution in [3.8, 4) is 5.75 Å². The molecular formula is C16H18FN3OS. The molecule has 0 aliphatic heterocycles. The quantitative estimate of drug-likeness (QED) is 0.575. The Balaban J connectivity index is 1.35. The van der Waals surface area contributed by atoms with Crippen LogP contribution in [0.4, 0.5) is 4.39 Å². The standard InChI is InChI=1S/C16H18FN3OS/c17-13-3-1-2-4-14(13)21-9-10-22-16-19-18-15(11-5-6-11)20(16)12-7-8-12/h1-4,11-12H,5-10H2. The molecule has 4 nitrogen and oxygen atoms in total. The van der Waals surface area contributed by atoms with Gasteiger partial charge < -0.3 is 9.30 Å². The predicted molar refractivity (Wildman–Crippen MR) is 82.9 cm³/mol. The molecule has 0 spiro atoms. The molecule has 0 unspecified atom stereocenters. The van der Waals surface area contributed by atoms with Gasteiger partial charge in [-0.05, 0) is 37.8 Å². The van der Waals surface area contributed by atoms with Gasteiger partial charge >= 0.3 is 0 Å². The van der Waals surface area contributed by atoms with E-state index in [0.29, 0.717) is 24.3 Å². The predicted octanol–water partition coefficient (Wildman–Crippen LogP) is 3.80. The molecule has 2 saturated carbocycles. The Hall–Kier alpha value is -1.56. The maximum atomic E-state index is 13.5. The minimum Gasteiger partial charge on any atom is -0.490 e. The highest BCUT2D eigenvalue weighted by Crippen LogP contribution is 2.45. The number of ether oxygens (including phenoxy) is 1. The SMILES string of the molecule is Fc1ccccc1OCCSc1nnc(C2CC2)n1C1CC1. The van der Waals surface area contributed by atoms with E-state index in [2.05, 4.69) is 14.8 Å². The molecule has 0 radical (unpaired) electrons. The Morgan fingerprint density at radius 3 is 2.73 bits per heavy atom. The van der Waals surface area contributed by atoms with Gasteiger partial charge in [0.05, 0.1) is 6.61 Å². The second kappa shape index (κ2) is 5.91. The van der Waals surface area contributed by atoms with Gasteiger partial charge in [-0.3, -0.25) is 0 Å². The number of rotatable bonds is 7. The molecule has 0 saturated heterocycles. The molecule has 0 atom stereocenters. The Morgan fingerprint density at radius 2 is 2.00 bits per heavy atom. The van der Waals surface area contributed by atoms with E-state index in [0.717, 1.165) is 10.9 Å². The number of nitrogens with zero attached hydrogens (tertiary/aromatic N) is 3. The first-order valence-corrected chi connectivity index (χ1v) is 8.76. The van der Waals surface area contributed by atoms with E-state index in [4.69, 9.17) is 4.74 Å². The Labute approximate surface area is 133 Å². The fourth-order valence-electron chi connectivity index (χ4n) is 2.53. The molecule has 22 heavy (non-hydrogen) atoms. The van der Waals surface area contributed by atoms with Crippen molar-refractivity contribution in [3.05, 3.63) is 35.9 Å². The van der Waals surface area contributed by atoms with E-state index >= 15 is 0 Å². The summed E-state index contributed by atoms with van der Waals surface area (Å²) in [7, 11) is 0. The normalized spacial score (nSPS) is 17.7. The summed E-state index contributed by atoms with van der Waals surface area (Å²) in [4.78, 5) is 0. The molecule has 2 fully saturated rings. The van der Waals surface area contributed by atoms with Crippen molar-refractivity contribution in [2.45, 2.75) is 42.8 Å². The van der Waals surface area contributed by atoms with E-state index in [1.165, 1.54) is 37.6 Å². The van der Waals surface area contributed by atoms with Crippen LogP contribution in [0.1, 0.15) is 43.5 Å². The Kier molecular flexibility index (Phi) is 3.78. The highest BCUT2D eigenvalue weighted by atomic mass is 32.2. The molecule has 1 heterocycles. The van der Waals surface area contributed by atoms with Crippen LogP contribution in [-0.2, 0) is 0 Å². The van der Waals surface area contributed by atoms with Crippen molar-refractivity contribution in [3.63, 3.8) is 0 Å². The summed E-state index contributed by atoms with van der Waals surface area (Å²) in [5, 5.41) is 9.72. The van der Waals surface area contributed by atoms with Gasteiger partial charge in [-0.2, -0.15) is 0 Å². The highest BCUT2D eigenvalue weighted by Gasteiger charge is 2.36. The van der Waals surface area contributed by atoms with Crippen LogP contribution in [0.25, 0.3) is 0 Å². The fraction of sp³-hybridized carbons (Fsp3) is 0.500. The minimum atomic E-state index is -0.315. The van der Waals surface area contributed by atoms with Crippen LogP contribution in [0, 0.1) is 5.82 Å². The van der Waals surface area contributed by atoms with Gasteiger partial charge in [0, 0.05) is 17.7 Å². The lowest BCUT2D eigenvalue weighted by molar-refractivity contribution is 0.324. The zero-order chi connectivity index (χ0) is 14.9. The largest absolute Gasteiger partial charge is 0.490 e. The average Bonchev–Trinajstić information content (AvgIpc) is 3.44. The van der Waals surface area contributed by atoms with Crippen molar-refractivity contribution < 1.29 is 9.13 Å². The van der Waals surface area contributed by atoms with Crippen LogP contribution in [-0.4, -0.2) is 27.1 Å². The van der Waals surface area contributed by atoms with Crippen molar-refractivity contribution in [2.75, 3.05) is 12.4 Å². The molecule has 116 valence electrons. The number of hydrogen-bond acceptors (Lipinski definition) is 4. The molecule has 1 aromatic heterocycles.